The van der Waals surface area contributed by atoms with Crippen LogP contribution in [-0.4, -0.2) is 50.7 Å². The Balaban J connectivity index is 1.68. The number of aliphatic hydroxyl groups is 1. The Labute approximate surface area is 132 Å². The van der Waals surface area contributed by atoms with Crippen molar-refractivity contribution >= 4 is 11.9 Å². The van der Waals surface area contributed by atoms with E-state index in [0.29, 0.717) is 11.3 Å². The number of benzene rings is 1. The van der Waals surface area contributed by atoms with Gasteiger partial charge in [-0.15, -0.1) is 0 Å². The molecule has 0 saturated carbocycles. The van der Waals surface area contributed by atoms with Crippen molar-refractivity contribution in [2.45, 2.75) is 18.4 Å². The number of nitrogens with zero attached hydrogens (tertiary/aromatic N) is 2. The van der Waals surface area contributed by atoms with Crippen molar-refractivity contribution in [2.24, 2.45) is 0 Å². The molecule has 3 rings (SSSR count). The number of oxazole rings is 1. The van der Waals surface area contributed by atoms with E-state index in [4.69, 9.17) is 9.52 Å². The number of aliphatic carboxylic acids is 1. The Morgan fingerprint density at radius 2 is 1.83 bits per heavy atom. The highest BCUT2D eigenvalue weighted by atomic mass is 16.4. The number of hydrogen-bond donors (Lipinski definition) is 2. The summed E-state index contributed by atoms with van der Waals surface area (Å²) in [6.45, 7) is 0.428. The molecule has 120 valence electrons. The minimum absolute atomic E-state index is 0.0320. The van der Waals surface area contributed by atoms with Gasteiger partial charge in [0.05, 0.1) is 6.20 Å². The molecular weight excluding hydrogens is 300 g/mol. The van der Waals surface area contributed by atoms with E-state index in [2.05, 4.69) is 4.98 Å². The van der Waals surface area contributed by atoms with Crippen molar-refractivity contribution in [3.63, 3.8) is 0 Å². The number of carboxylic acid groups (broad SMARTS) is 1. The molecule has 0 bridgehead atoms. The Morgan fingerprint density at radius 1 is 1.17 bits per heavy atom. The fraction of sp³-hybridized carbons (Fsp3) is 0.312. The van der Waals surface area contributed by atoms with Gasteiger partial charge in [-0.05, 0) is 12.1 Å². The average Bonchev–Trinajstić information content (AvgIpc) is 3.09. The summed E-state index contributed by atoms with van der Waals surface area (Å²) in [4.78, 5) is 28.8. The molecule has 1 aliphatic heterocycles. The van der Waals surface area contributed by atoms with Gasteiger partial charge in [-0.3, -0.25) is 4.79 Å². The first-order valence-corrected chi connectivity index (χ1v) is 7.23. The van der Waals surface area contributed by atoms with Gasteiger partial charge in [-0.25, -0.2) is 9.78 Å². The highest BCUT2D eigenvalue weighted by Gasteiger charge is 2.40. The van der Waals surface area contributed by atoms with Crippen molar-refractivity contribution in [1.82, 2.24) is 9.88 Å². The first kappa shape index (κ1) is 15.2. The maximum atomic E-state index is 12.4. The number of piperidine rings is 1. The Morgan fingerprint density at radius 3 is 2.35 bits per heavy atom. The van der Waals surface area contributed by atoms with E-state index in [1.54, 1.807) is 35.4 Å². The molecule has 1 amide bonds. The number of hydrogen-bond acceptors (Lipinski definition) is 5. The SMILES string of the molecule is O=C(c1ccc(-c2cnco2)cc1)N1CCC(O)(C(=O)O)CC1. The van der Waals surface area contributed by atoms with Gasteiger partial charge in [0.2, 0.25) is 0 Å². The van der Waals surface area contributed by atoms with Crippen LogP contribution < -0.4 is 0 Å². The van der Waals surface area contributed by atoms with Crippen LogP contribution in [0, 0.1) is 0 Å². The number of rotatable bonds is 3. The lowest BCUT2D eigenvalue weighted by Gasteiger charge is -2.35. The summed E-state index contributed by atoms with van der Waals surface area (Å²) in [5.74, 6) is -0.795. The Kier molecular flexibility index (Phi) is 3.87. The van der Waals surface area contributed by atoms with Crippen LogP contribution in [0.4, 0.5) is 0 Å². The molecule has 0 radical (unpaired) electrons. The summed E-state index contributed by atoms with van der Waals surface area (Å²) in [5, 5.41) is 18.9. The smallest absolute Gasteiger partial charge is 0.335 e. The van der Waals surface area contributed by atoms with E-state index in [-0.39, 0.29) is 31.8 Å². The van der Waals surface area contributed by atoms with Crippen LogP contribution in [-0.2, 0) is 4.79 Å². The average molecular weight is 316 g/mol. The highest BCUT2D eigenvalue weighted by Crippen LogP contribution is 2.24. The molecular formula is C16H16N2O5. The Hall–Kier alpha value is -2.67. The molecule has 2 heterocycles. The van der Waals surface area contributed by atoms with E-state index in [9.17, 15) is 14.7 Å². The van der Waals surface area contributed by atoms with Gasteiger partial charge in [0.15, 0.2) is 17.8 Å². The van der Waals surface area contributed by atoms with Gasteiger partial charge < -0.3 is 19.5 Å². The van der Waals surface area contributed by atoms with E-state index in [1.807, 2.05) is 0 Å². The predicted octanol–water partition coefficient (Wildman–Crippen LogP) is 1.39. The van der Waals surface area contributed by atoms with Crippen LogP contribution in [0.15, 0.2) is 41.3 Å². The van der Waals surface area contributed by atoms with Gasteiger partial charge in [0.25, 0.3) is 5.91 Å². The molecule has 1 fully saturated rings. The number of carbonyl (C=O) groups is 2. The first-order valence-electron chi connectivity index (χ1n) is 7.23. The van der Waals surface area contributed by atoms with Crippen molar-refractivity contribution in [2.75, 3.05) is 13.1 Å². The molecule has 2 aromatic rings. The zero-order valence-corrected chi connectivity index (χ0v) is 12.3. The van der Waals surface area contributed by atoms with Crippen molar-refractivity contribution in [3.05, 3.63) is 42.4 Å². The third kappa shape index (κ3) is 2.95. The van der Waals surface area contributed by atoms with E-state index in [1.165, 1.54) is 6.39 Å². The maximum Gasteiger partial charge on any atom is 0.335 e. The first-order chi connectivity index (χ1) is 11.0. The lowest BCUT2D eigenvalue weighted by molar-refractivity contribution is -0.162. The van der Waals surface area contributed by atoms with Crippen LogP contribution in [0.3, 0.4) is 0 Å². The number of likely N-dealkylation sites (tertiary alicyclic amines) is 1. The van der Waals surface area contributed by atoms with Crippen LogP contribution in [0.1, 0.15) is 23.2 Å². The summed E-state index contributed by atoms with van der Waals surface area (Å²) < 4.78 is 5.19. The second-order valence-electron chi connectivity index (χ2n) is 5.57. The molecule has 0 spiro atoms. The molecule has 0 atom stereocenters. The summed E-state index contributed by atoms with van der Waals surface area (Å²) >= 11 is 0. The lowest BCUT2D eigenvalue weighted by atomic mass is 9.91. The van der Waals surface area contributed by atoms with Gasteiger partial charge in [-0.2, -0.15) is 0 Å². The minimum atomic E-state index is -1.73. The molecule has 7 heteroatoms. The third-order valence-corrected chi connectivity index (χ3v) is 4.12. The normalized spacial score (nSPS) is 17.0. The number of aromatic nitrogens is 1. The summed E-state index contributed by atoms with van der Waals surface area (Å²) in [7, 11) is 0. The fourth-order valence-electron chi connectivity index (χ4n) is 2.61. The monoisotopic (exact) mass is 316 g/mol. The van der Waals surface area contributed by atoms with Crippen LogP contribution in [0.2, 0.25) is 0 Å². The molecule has 0 unspecified atom stereocenters. The zero-order chi connectivity index (χ0) is 16.4. The van der Waals surface area contributed by atoms with Crippen molar-refractivity contribution in [3.8, 4) is 11.3 Å². The Bertz CT molecular complexity index is 701. The van der Waals surface area contributed by atoms with E-state index < -0.39 is 11.6 Å². The minimum Gasteiger partial charge on any atom is -0.479 e. The van der Waals surface area contributed by atoms with Crippen LogP contribution >= 0.6 is 0 Å². The zero-order valence-electron chi connectivity index (χ0n) is 12.3. The molecule has 23 heavy (non-hydrogen) atoms. The fourth-order valence-corrected chi connectivity index (χ4v) is 2.61. The van der Waals surface area contributed by atoms with Gasteiger partial charge >= 0.3 is 5.97 Å². The molecule has 1 aromatic carbocycles. The molecule has 1 saturated heterocycles. The molecule has 1 aliphatic rings. The molecule has 1 aromatic heterocycles. The molecule has 0 aliphatic carbocycles. The quantitative estimate of drug-likeness (QED) is 0.887. The summed E-state index contributed by atoms with van der Waals surface area (Å²) in [6, 6.07) is 6.92. The molecule has 2 N–H and O–H groups in total. The van der Waals surface area contributed by atoms with Gasteiger partial charge in [0.1, 0.15) is 0 Å². The standard InChI is InChI=1S/C16H16N2O5/c19-14(18-7-5-16(22,6-8-18)15(20)21)12-3-1-11(2-4-12)13-9-17-10-23-13/h1-4,9-10,22H,5-8H2,(H,20,21). The number of amides is 1. The van der Waals surface area contributed by atoms with E-state index >= 15 is 0 Å². The van der Waals surface area contributed by atoms with Crippen molar-refractivity contribution in [1.29, 1.82) is 0 Å². The maximum absolute atomic E-state index is 12.4. The van der Waals surface area contributed by atoms with Crippen molar-refractivity contribution < 1.29 is 24.2 Å². The highest BCUT2D eigenvalue weighted by molar-refractivity contribution is 5.95. The lowest BCUT2D eigenvalue weighted by Crippen LogP contribution is -2.50. The number of carboxylic acids is 1. The van der Waals surface area contributed by atoms with Gasteiger partial charge in [-0.1, -0.05) is 12.1 Å². The largest absolute Gasteiger partial charge is 0.479 e. The van der Waals surface area contributed by atoms with Crippen LogP contribution in [0.25, 0.3) is 11.3 Å². The summed E-state index contributed by atoms with van der Waals surface area (Å²) in [5.41, 5.74) is -0.403. The second kappa shape index (κ2) is 5.85. The topological polar surface area (TPSA) is 104 Å². The van der Waals surface area contributed by atoms with Gasteiger partial charge in [0, 0.05) is 37.1 Å². The second-order valence-corrected chi connectivity index (χ2v) is 5.57. The molecule has 7 nitrogen and oxygen atoms in total. The summed E-state index contributed by atoms with van der Waals surface area (Å²) in [6.07, 6.45) is 2.99. The predicted molar refractivity (Wildman–Crippen MR) is 79.7 cm³/mol. The van der Waals surface area contributed by atoms with E-state index in [0.717, 1.165) is 5.56 Å². The third-order valence-electron chi connectivity index (χ3n) is 4.12. The number of carbonyl (C=O) groups excluding carboxylic acids is 1. The van der Waals surface area contributed by atoms with Crippen LogP contribution in [0.5, 0.6) is 0 Å².